The number of rotatable bonds is 1. The third kappa shape index (κ3) is 1.31. The maximum absolute atomic E-state index is 10.9. The second kappa shape index (κ2) is 3.23. The Morgan fingerprint density at radius 1 is 1.58 bits per heavy atom. The number of aliphatic carboxylic acids is 1. The zero-order chi connectivity index (χ0) is 7.90. The van der Waals surface area contributed by atoms with E-state index in [4.69, 9.17) is 5.11 Å². The van der Waals surface area contributed by atoms with Crippen LogP contribution in [-0.4, -0.2) is 23.2 Å². The minimum atomic E-state index is -0.653. The van der Waals surface area contributed by atoms with Crippen LogP contribution in [0.15, 0.2) is 0 Å². The van der Waals surface area contributed by atoms with Crippen molar-refractivity contribution in [3.63, 3.8) is 0 Å². The van der Waals surface area contributed by atoms with Crippen molar-refractivity contribution in [3.05, 3.63) is 0 Å². The van der Waals surface area contributed by atoms with Gasteiger partial charge in [-0.25, -0.2) is 0 Å². The molecule has 3 nitrogen and oxygen atoms in total. The van der Waals surface area contributed by atoms with E-state index in [0.717, 1.165) is 25.8 Å². The molecule has 0 aromatic carbocycles. The lowest BCUT2D eigenvalue weighted by atomic mass is 9.80. The summed E-state index contributed by atoms with van der Waals surface area (Å²) < 4.78 is 0. The van der Waals surface area contributed by atoms with Crippen molar-refractivity contribution in [2.75, 3.05) is 6.54 Å². The first-order valence-electron chi connectivity index (χ1n) is 4.21. The van der Waals surface area contributed by atoms with E-state index in [9.17, 15) is 4.79 Å². The summed E-state index contributed by atoms with van der Waals surface area (Å²) in [6.45, 7) is 0.909. The topological polar surface area (TPSA) is 49.3 Å². The number of carboxylic acids is 1. The highest BCUT2D eigenvalue weighted by molar-refractivity contribution is 5.85. The Bertz CT molecular complexity index is 193. The molecule has 0 aromatic heterocycles. The SMILES string of the molecule is Cl.O=C(O)[C@@]12CCCC(CN1)C2. The van der Waals surface area contributed by atoms with Crippen LogP contribution in [0, 0.1) is 5.92 Å². The summed E-state index contributed by atoms with van der Waals surface area (Å²) in [4.78, 5) is 10.9. The molecule has 2 bridgehead atoms. The van der Waals surface area contributed by atoms with Crippen molar-refractivity contribution in [2.45, 2.75) is 31.2 Å². The highest BCUT2D eigenvalue weighted by atomic mass is 35.5. The molecule has 2 fully saturated rings. The molecule has 2 N–H and O–H groups in total. The number of hydrogen-bond donors (Lipinski definition) is 2. The van der Waals surface area contributed by atoms with Gasteiger partial charge in [-0.2, -0.15) is 0 Å². The van der Waals surface area contributed by atoms with Crippen LogP contribution < -0.4 is 5.32 Å². The van der Waals surface area contributed by atoms with Gasteiger partial charge in [-0.1, -0.05) is 6.42 Å². The second-order valence-electron chi connectivity index (χ2n) is 3.73. The van der Waals surface area contributed by atoms with Crippen molar-refractivity contribution in [1.29, 1.82) is 0 Å². The van der Waals surface area contributed by atoms with Gasteiger partial charge in [0.1, 0.15) is 5.54 Å². The first-order valence-corrected chi connectivity index (χ1v) is 4.21. The van der Waals surface area contributed by atoms with Crippen molar-refractivity contribution in [2.24, 2.45) is 5.92 Å². The van der Waals surface area contributed by atoms with Gasteiger partial charge in [0.15, 0.2) is 0 Å². The maximum atomic E-state index is 10.9. The lowest BCUT2D eigenvalue weighted by molar-refractivity contribution is -0.145. The van der Waals surface area contributed by atoms with Crippen LogP contribution in [0.1, 0.15) is 25.7 Å². The molecule has 1 aliphatic heterocycles. The number of halogens is 1. The van der Waals surface area contributed by atoms with E-state index < -0.39 is 11.5 Å². The van der Waals surface area contributed by atoms with Gasteiger partial charge in [-0.3, -0.25) is 4.79 Å². The highest BCUT2D eigenvalue weighted by Crippen LogP contribution is 2.37. The van der Waals surface area contributed by atoms with Gasteiger partial charge in [0.05, 0.1) is 0 Å². The van der Waals surface area contributed by atoms with Gasteiger partial charge in [0.25, 0.3) is 0 Å². The largest absolute Gasteiger partial charge is 0.480 e. The minimum absolute atomic E-state index is 0. The van der Waals surface area contributed by atoms with Crippen molar-refractivity contribution < 1.29 is 9.90 Å². The third-order valence-corrected chi connectivity index (χ3v) is 2.99. The summed E-state index contributed by atoms with van der Waals surface area (Å²) in [6.07, 6.45) is 3.95. The Morgan fingerprint density at radius 2 is 2.33 bits per heavy atom. The van der Waals surface area contributed by atoms with E-state index in [1.54, 1.807) is 0 Å². The molecule has 2 atom stereocenters. The minimum Gasteiger partial charge on any atom is -0.480 e. The molecule has 0 radical (unpaired) electrons. The molecule has 1 aliphatic carbocycles. The van der Waals surface area contributed by atoms with Crippen LogP contribution in [0.3, 0.4) is 0 Å². The zero-order valence-corrected chi connectivity index (χ0v) is 7.69. The number of nitrogens with one attached hydrogen (secondary N) is 1. The molecular weight excluding hydrogens is 178 g/mol. The van der Waals surface area contributed by atoms with E-state index >= 15 is 0 Å². The number of carboxylic acid groups (broad SMARTS) is 1. The molecule has 0 amide bonds. The van der Waals surface area contributed by atoms with E-state index in [1.807, 2.05) is 0 Å². The van der Waals surface area contributed by atoms with Crippen LogP contribution in [0.25, 0.3) is 0 Å². The quantitative estimate of drug-likeness (QED) is 0.651. The molecule has 1 saturated carbocycles. The summed E-state index contributed by atoms with van der Waals surface area (Å²) in [6, 6.07) is 0. The molecule has 70 valence electrons. The monoisotopic (exact) mass is 191 g/mol. The van der Waals surface area contributed by atoms with Crippen LogP contribution in [0.4, 0.5) is 0 Å². The molecule has 2 aliphatic rings. The maximum Gasteiger partial charge on any atom is 0.323 e. The van der Waals surface area contributed by atoms with Gasteiger partial charge in [-0.05, 0) is 31.7 Å². The van der Waals surface area contributed by atoms with E-state index in [1.165, 1.54) is 6.42 Å². The normalized spacial score (nSPS) is 38.8. The average Bonchev–Trinajstić information content (AvgIpc) is 2.29. The lowest BCUT2D eigenvalue weighted by Gasteiger charge is -2.27. The second-order valence-corrected chi connectivity index (χ2v) is 3.73. The first kappa shape index (κ1) is 9.81. The van der Waals surface area contributed by atoms with Crippen LogP contribution in [0.2, 0.25) is 0 Å². The summed E-state index contributed by atoms with van der Waals surface area (Å²) in [5.41, 5.74) is -0.539. The van der Waals surface area contributed by atoms with Gasteiger partial charge >= 0.3 is 5.97 Å². The van der Waals surface area contributed by atoms with E-state index in [0.29, 0.717) is 5.92 Å². The van der Waals surface area contributed by atoms with Crippen LogP contribution in [0.5, 0.6) is 0 Å². The van der Waals surface area contributed by atoms with E-state index in [-0.39, 0.29) is 12.4 Å². The van der Waals surface area contributed by atoms with Gasteiger partial charge in [0, 0.05) is 0 Å². The highest BCUT2D eigenvalue weighted by Gasteiger charge is 2.47. The number of carbonyl (C=O) groups is 1. The summed E-state index contributed by atoms with van der Waals surface area (Å²) in [7, 11) is 0. The predicted octanol–water partition coefficient (Wildman–Crippen LogP) is 1.02. The number of fused-ring (bicyclic) bond motifs is 2. The zero-order valence-electron chi connectivity index (χ0n) is 6.88. The Morgan fingerprint density at radius 3 is 2.92 bits per heavy atom. The molecule has 1 heterocycles. The standard InChI is InChI=1S/C8H13NO2.ClH/c10-7(11)8-3-1-2-6(4-8)5-9-8;/h6,9H,1-5H2,(H,10,11);1H/t6?,8-;/m0./s1. The molecular formula is C8H14ClNO2. The van der Waals surface area contributed by atoms with Crippen molar-refractivity contribution in [1.82, 2.24) is 5.32 Å². The molecule has 2 rings (SSSR count). The van der Waals surface area contributed by atoms with Crippen molar-refractivity contribution in [3.8, 4) is 0 Å². The Kier molecular flexibility index (Phi) is 2.64. The summed E-state index contributed by atoms with van der Waals surface area (Å²) in [5.74, 6) is -0.0282. The Labute approximate surface area is 77.9 Å². The van der Waals surface area contributed by atoms with Crippen LogP contribution in [-0.2, 0) is 4.79 Å². The predicted molar refractivity (Wildman–Crippen MR) is 47.6 cm³/mol. The van der Waals surface area contributed by atoms with Crippen molar-refractivity contribution >= 4 is 18.4 Å². The van der Waals surface area contributed by atoms with Gasteiger partial charge < -0.3 is 10.4 Å². The molecule has 12 heavy (non-hydrogen) atoms. The smallest absolute Gasteiger partial charge is 0.323 e. The third-order valence-electron chi connectivity index (χ3n) is 2.99. The van der Waals surface area contributed by atoms with E-state index in [2.05, 4.69) is 5.32 Å². The summed E-state index contributed by atoms with van der Waals surface area (Å²) >= 11 is 0. The Balaban J connectivity index is 0.000000720. The van der Waals surface area contributed by atoms with Crippen LogP contribution >= 0.6 is 12.4 Å². The molecule has 4 heteroatoms. The fourth-order valence-electron chi connectivity index (χ4n) is 2.33. The molecule has 0 spiro atoms. The van der Waals surface area contributed by atoms with Gasteiger partial charge in [-0.15, -0.1) is 12.4 Å². The molecule has 1 saturated heterocycles. The first-order chi connectivity index (χ1) is 5.23. The molecule has 0 aromatic rings. The number of hydrogen-bond acceptors (Lipinski definition) is 2. The fourth-order valence-corrected chi connectivity index (χ4v) is 2.33. The fraction of sp³-hybridized carbons (Fsp3) is 0.875. The Hall–Kier alpha value is -0.280. The van der Waals surface area contributed by atoms with Gasteiger partial charge in [0.2, 0.25) is 0 Å². The molecule has 1 unspecified atom stereocenters. The lowest BCUT2D eigenvalue weighted by Crippen LogP contribution is -2.47. The summed E-state index contributed by atoms with van der Waals surface area (Å²) in [5, 5.41) is 12.1. The average molecular weight is 192 g/mol.